The molecular weight excluding hydrogens is 202 g/mol. The van der Waals surface area contributed by atoms with Crippen molar-refractivity contribution < 1.29 is 9.84 Å². The number of aliphatic hydroxyl groups is 1. The predicted octanol–water partition coefficient (Wildman–Crippen LogP) is 2.33. The largest absolute Gasteiger partial charge is 0.389 e. The van der Waals surface area contributed by atoms with Crippen molar-refractivity contribution in [3.8, 4) is 0 Å². The molecule has 0 rings (SSSR count). The average molecular weight is 231 g/mol. The molecule has 98 valence electrons. The van der Waals surface area contributed by atoms with E-state index in [0.717, 1.165) is 38.7 Å². The van der Waals surface area contributed by atoms with Crippen LogP contribution < -0.4 is 5.32 Å². The summed E-state index contributed by atoms with van der Waals surface area (Å²) in [5.74, 6) is 0. The van der Waals surface area contributed by atoms with E-state index in [1.807, 2.05) is 0 Å². The normalized spacial score (nSPS) is 14.1. The average Bonchev–Trinajstić information content (AvgIpc) is 2.24. The zero-order chi connectivity index (χ0) is 12.4. The van der Waals surface area contributed by atoms with Crippen LogP contribution in [0.4, 0.5) is 0 Å². The number of hydrogen-bond acceptors (Lipinski definition) is 3. The topological polar surface area (TPSA) is 41.5 Å². The van der Waals surface area contributed by atoms with Crippen molar-refractivity contribution in [2.45, 2.75) is 64.5 Å². The van der Waals surface area contributed by atoms with Gasteiger partial charge in [0, 0.05) is 26.3 Å². The number of nitrogens with one attached hydrogen (secondary N) is 1. The number of ether oxygens (including phenoxy) is 1. The summed E-state index contributed by atoms with van der Waals surface area (Å²) in [6, 6.07) is 0.403. The van der Waals surface area contributed by atoms with E-state index in [-0.39, 0.29) is 0 Å². The molecule has 0 saturated carbocycles. The first kappa shape index (κ1) is 15.9. The third-order valence-electron chi connectivity index (χ3n) is 2.97. The van der Waals surface area contributed by atoms with Crippen LogP contribution in [0.2, 0.25) is 0 Å². The Bertz CT molecular complexity index is 156. The maximum absolute atomic E-state index is 10.4. The first-order valence-electron chi connectivity index (χ1n) is 6.52. The van der Waals surface area contributed by atoms with E-state index in [1.165, 1.54) is 0 Å². The molecule has 3 nitrogen and oxygen atoms in total. The number of methoxy groups -OCH3 is 1. The van der Waals surface area contributed by atoms with Crippen molar-refractivity contribution in [1.82, 2.24) is 5.32 Å². The Balaban J connectivity index is 3.90. The second-order valence-electron chi connectivity index (χ2n) is 4.79. The SMILES string of the molecule is CCCC(O)(CCC)CNC(C)CCOC. The molecule has 0 bridgehead atoms. The zero-order valence-electron chi connectivity index (χ0n) is 11.4. The molecule has 2 N–H and O–H groups in total. The van der Waals surface area contributed by atoms with Gasteiger partial charge < -0.3 is 15.2 Å². The third kappa shape index (κ3) is 7.20. The van der Waals surface area contributed by atoms with Crippen molar-refractivity contribution in [1.29, 1.82) is 0 Å². The first-order valence-corrected chi connectivity index (χ1v) is 6.52. The molecule has 0 saturated heterocycles. The molecular formula is C13H29NO2. The summed E-state index contributed by atoms with van der Waals surface area (Å²) < 4.78 is 5.04. The van der Waals surface area contributed by atoms with Gasteiger partial charge in [0.1, 0.15) is 0 Å². The predicted molar refractivity (Wildman–Crippen MR) is 68.7 cm³/mol. The van der Waals surface area contributed by atoms with Gasteiger partial charge in [-0.15, -0.1) is 0 Å². The summed E-state index contributed by atoms with van der Waals surface area (Å²) in [6.45, 7) is 7.84. The molecule has 1 unspecified atom stereocenters. The van der Waals surface area contributed by atoms with E-state index in [9.17, 15) is 5.11 Å². The molecule has 16 heavy (non-hydrogen) atoms. The molecule has 0 heterocycles. The van der Waals surface area contributed by atoms with Crippen molar-refractivity contribution in [2.75, 3.05) is 20.3 Å². The molecule has 0 aliphatic carbocycles. The van der Waals surface area contributed by atoms with Crippen LogP contribution in [-0.2, 0) is 4.74 Å². The summed E-state index contributed by atoms with van der Waals surface area (Å²) in [4.78, 5) is 0. The minimum atomic E-state index is -0.523. The van der Waals surface area contributed by atoms with Gasteiger partial charge in [-0.05, 0) is 26.2 Å². The molecule has 0 aliphatic rings. The van der Waals surface area contributed by atoms with Gasteiger partial charge in [-0.25, -0.2) is 0 Å². The van der Waals surface area contributed by atoms with Crippen LogP contribution in [0.3, 0.4) is 0 Å². The molecule has 0 aromatic heterocycles. The summed E-state index contributed by atoms with van der Waals surface area (Å²) in [5.41, 5.74) is -0.523. The Morgan fingerprint density at radius 1 is 1.25 bits per heavy atom. The third-order valence-corrected chi connectivity index (χ3v) is 2.97. The van der Waals surface area contributed by atoms with Crippen molar-refractivity contribution >= 4 is 0 Å². The molecule has 0 aromatic carbocycles. The first-order chi connectivity index (χ1) is 7.58. The fraction of sp³-hybridized carbons (Fsp3) is 1.00. The van der Waals surface area contributed by atoms with Gasteiger partial charge in [0.05, 0.1) is 5.60 Å². The van der Waals surface area contributed by atoms with E-state index in [1.54, 1.807) is 7.11 Å². The minimum Gasteiger partial charge on any atom is -0.389 e. The number of rotatable bonds is 10. The van der Waals surface area contributed by atoms with Gasteiger partial charge in [-0.3, -0.25) is 0 Å². The zero-order valence-corrected chi connectivity index (χ0v) is 11.4. The fourth-order valence-electron chi connectivity index (χ4n) is 1.99. The molecule has 3 heteroatoms. The smallest absolute Gasteiger partial charge is 0.0771 e. The highest BCUT2D eigenvalue weighted by Crippen LogP contribution is 2.18. The Morgan fingerprint density at radius 2 is 1.81 bits per heavy atom. The highest BCUT2D eigenvalue weighted by molar-refractivity contribution is 4.81. The van der Waals surface area contributed by atoms with Gasteiger partial charge in [0.2, 0.25) is 0 Å². The molecule has 0 aliphatic heterocycles. The number of hydrogen-bond donors (Lipinski definition) is 2. The lowest BCUT2D eigenvalue weighted by Gasteiger charge is -2.29. The van der Waals surface area contributed by atoms with E-state index in [2.05, 4.69) is 26.1 Å². The van der Waals surface area contributed by atoms with Gasteiger partial charge in [-0.2, -0.15) is 0 Å². The van der Waals surface area contributed by atoms with Crippen LogP contribution >= 0.6 is 0 Å². The molecule has 0 spiro atoms. The monoisotopic (exact) mass is 231 g/mol. The van der Waals surface area contributed by atoms with Gasteiger partial charge in [-0.1, -0.05) is 26.7 Å². The Labute approximate surface area is 101 Å². The molecule has 1 atom stereocenters. The van der Waals surface area contributed by atoms with Gasteiger partial charge in [0.15, 0.2) is 0 Å². The minimum absolute atomic E-state index is 0.403. The van der Waals surface area contributed by atoms with Gasteiger partial charge >= 0.3 is 0 Å². The lowest BCUT2D eigenvalue weighted by molar-refractivity contribution is 0.0187. The lowest BCUT2D eigenvalue weighted by Crippen LogP contribution is -2.43. The quantitative estimate of drug-likeness (QED) is 0.606. The Hall–Kier alpha value is -0.120. The second kappa shape index (κ2) is 8.97. The van der Waals surface area contributed by atoms with Crippen molar-refractivity contribution in [3.63, 3.8) is 0 Å². The van der Waals surface area contributed by atoms with Crippen LogP contribution in [0.1, 0.15) is 52.9 Å². The molecule has 0 radical (unpaired) electrons. The lowest BCUT2D eigenvalue weighted by atomic mass is 9.92. The second-order valence-corrected chi connectivity index (χ2v) is 4.79. The van der Waals surface area contributed by atoms with Crippen LogP contribution in [-0.4, -0.2) is 37.0 Å². The van der Waals surface area contributed by atoms with Crippen LogP contribution in [0.5, 0.6) is 0 Å². The molecule has 0 fully saturated rings. The summed E-state index contributed by atoms with van der Waals surface area (Å²) >= 11 is 0. The van der Waals surface area contributed by atoms with E-state index in [4.69, 9.17) is 4.74 Å². The van der Waals surface area contributed by atoms with E-state index in [0.29, 0.717) is 12.6 Å². The van der Waals surface area contributed by atoms with Crippen LogP contribution in [0.15, 0.2) is 0 Å². The summed E-state index contributed by atoms with van der Waals surface area (Å²) in [5, 5.41) is 13.8. The Kier molecular flexibility index (Phi) is 8.90. The van der Waals surface area contributed by atoms with Gasteiger partial charge in [0.25, 0.3) is 0 Å². The maximum Gasteiger partial charge on any atom is 0.0771 e. The van der Waals surface area contributed by atoms with Crippen LogP contribution in [0, 0.1) is 0 Å². The Morgan fingerprint density at radius 3 is 2.25 bits per heavy atom. The molecule has 0 aromatic rings. The van der Waals surface area contributed by atoms with Crippen molar-refractivity contribution in [2.24, 2.45) is 0 Å². The standard InChI is InChI=1S/C13H29NO2/c1-5-8-13(15,9-6-2)11-14-12(3)7-10-16-4/h12,14-15H,5-11H2,1-4H3. The summed E-state index contributed by atoms with van der Waals surface area (Å²) in [6.07, 6.45) is 4.82. The van der Waals surface area contributed by atoms with E-state index >= 15 is 0 Å². The van der Waals surface area contributed by atoms with E-state index < -0.39 is 5.60 Å². The van der Waals surface area contributed by atoms with Crippen molar-refractivity contribution in [3.05, 3.63) is 0 Å². The van der Waals surface area contributed by atoms with Crippen LogP contribution in [0.25, 0.3) is 0 Å². The summed E-state index contributed by atoms with van der Waals surface area (Å²) in [7, 11) is 1.72. The molecule has 0 amide bonds. The highest BCUT2D eigenvalue weighted by Gasteiger charge is 2.24. The maximum atomic E-state index is 10.4. The highest BCUT2D eigenvalue weighted by atomic mass is 16.5. The fourth-order valence-corrected chi connectivity index (χ4v) is 1.99.